The molecule has 1 N–H and O–H groups in total. The molecule has 0 saturated carbocycles. The minimum absolute atomic E-state index is 0.0652. The summed E-state index contributed by atoms with van der Waals surface area (Å²) < 4.78 is 31.6. The number of carbonyl (C=O) groups is 1. The number of amides is 1. The number of likely N-dealkylation sites (N-methyl/N-ethyl adjacent to an activating group) is 1. The number of sulfonamides is 1. The molecule has 1 atom stereocenters. The zero-order valence-corrected chi connectivity index (χ0v) is 15.2. The Balaban J connectivity index is 3.19. The van der Waals surface area contributed by atoms with Gasteiger partial charge in [-0.3, -0.25) is 4.79 Å². The zero-order valence-electron chi connectivity index (χ0n) is 14.4. The van der Waals surface area contributed by atoms with Gasteiger partial charge in [-0.05, 0) is 31.9 Å². The Morgan fingerprint density at radius 3 is 2.35 bits per heavy atom. The van der Waals surface area contributed by atoms with E-state index in [0.717, 1.165) is 0 Å². The van der Waals surface area contributed by atoms with Gasteiger partial charge in [-0.2, -0.15) is 0 Å². The van der Waals surface area contributed by atoms with Gasteiger partial charge in [0, 0.05) is 6.54 Å². The number of benzene rings is 1. The standard InChI is InChI=1S/C16H26N2O4S/c1-6-18(13-10-8-9-11-14(13)22-5)16(19)15(12(3)4)17-23(20,21)7-2/h8-12,15,17H,6-7H2,1-5H3. The molecule has 1 amide bonds. The molecule has 1 aromatic rings. The Morgan fingerprint density at radius 1 is 1.26 bits per heavy atom. The van der Waals surface area contributed by atoms with Crippen molar-refractivity contribution in [2.75, 3.05) is 24.3 Å². The minimum Gasteiger partial charge on any atom is -0.495 e. The number of ether oxygens (including phenoxy) is 1. The number of anilines is 1. The van der Waals surface area contributed by atoms with Crippen LogP contribution in [0.15, 0.2) is 24.3 Å². The second-order valence-corrected chi connectivity index (χ2v) is 7.54. The Labute approximate surface area is 138 Å². The van der Waals surface area contributed by atoms with Crippen LogP contribution in [0.5, 0.6) is 5.75 Å². The summed E-state index contributed by atoms with van der Waals surface area (Å²) in [5, 5.41) is 0. The van der Waals surface area contributed by atoms with Crippen LogP contribution in [0.1, 0.15) is 27.7 Å². The molecular formula is C16H26N2O4S. The van der Waals surface area contributed by atoms with Gasteiger partial charge in [0.2, 0.25) is 15.9 Å². The van der Waals surface area contributed by atoms with Gasteiger partial charge in [0.05, 0.1) is 18.6 Å². The lowest BCUT2D eigenvalue weighted by atomic mass is 10.0. The van der Waals surface area contributed by atoms with Crippen LogP contribution in [0.3, 0.4) is 0 Å². The Bertz CT molecular complexity index is 629. The number of carbonyl (C=O) groups excluding carboxylic acids is 1. The number of hydrogen-bond acceptors (Lipinski definition) is 4. The molecule has 0 saturated heterocycles. The van der Waals surface area contributed by atoms with E-state index in [1.165, 1.54) is 7.11 Å². The van der Waals surface area contributed by atoms with E-state index in [-0.39, 0.29) is 17.6 Å². The van der Waals surface area contributed by atoms with Crippen molar-refractivity contribution in [3.05, 3.63) is 24.3 Å². The van der Waals surface area contributed by atoms with Gasteiger partial charge < -0.3 is 9.64 Å². The van der Waals surface area contributed by atoms with E-state index in [1.807, 2.05) is 32.9 Å². The van der Waals surface area contributed by atoms with E-state index in [0.29, 0.717) is 18.0 Å². The first-order chi connectivity index (χ1) is 10.8. The maximum Gasteiger partial charge on any atom is 0.245 e. The topological polar surface area (TPSA) is 75.7 Å². The molecule has 0 heterocycles. The van der Waals surface area contributed by atoms with Crippen molar-refractivity contribution in [2.24, 2.45) is 5.92 Å². The van der Waals surface area contributed by atoms with Gasteiger partial charge in [-0.1, -0.05) is 26.0 Å². The molecule has 0 spiro atoms. The molecule has 0 radical (unpaired) electrons. The fourth-order valence-electron chi connectivity index (χ4n) is 2.21. The lowest BCUT2D eigenvalue weighted by molar-refractivity contribution is -0.121. The molecule has 0 aliphatic carbocycles. The fourth-order valence-corrected chi connectivity index (χ4v) is 3.14. The van der Waals surface area contributed by atoms with Crippen LogP contribution < -0.4 is 14.4 Å². The molecule has 1 rings (SSSR count). The number of rotatable bonds is 8. The van der Waals surface area contributed by atoms with Crippen LogP contribution in [-0.2, 0) is 14.8 Å². The molecule has 7 heteroatoms. The summed E-state index contributed by atoms with van der Waals surface area (Å²) in [7, 11) is -1.94. The summed E-state index contributed by atoms with van der Waals surface area (Å²) in [5.74, 6) is 0.0461. The minimum atomic E-state index is -3.48. The molecule has 6 nitrogen and oxygen atoms in total. The van der Waals surface area contributed by atoms with Crippen molar-refractivity contribution in [1.82, 2.24) is 4.72 Å². The second kappa shape index (κ2) is 8.31. The smallest absolute Gasteiger partial charge is 0.245 e. The molecular weight excluding hydrogens is 316 g/mol. The lowest BCUT2D eigenvalue weighted by Crippen LogP contribution is -2.51. The predicted octanol–water partition coefficient (Wildman–Crippen LogP) is 2.01. The van der Waals surface area contributed by atoms with Crippen LogP contribution >= 0.6 is 0 Å². The number of hydrogen-bond donors (Lipinski definition) is 1. The van der Waals surface area contributed by atoms with Gasteiger partial charge >= 0.3 is 0 Å². The van der Waals surface area contributed by atoms with E-state index < -0.39 is 16.1 Å². The maximum absolute atomic E-state index is 12.9. The van der Waals surface area contributed by atoms with E-state index in [9.17, 15) is 13.2 Å². The van der Waals surface area contributed by atoms with Crippen LogP contribution in [0.4, 0.5) is 5.69 Å². The molecule has 0 aliphatic heterocycles. The molecule has 0 bridgehead atoms. The van der Waals surface area contributed by atoms with Crippen molar-refractivity contribution in [2.45, 2.75) is 33.7 Å². The molecule has 0 aromatic heterocycles. The Hall–Kier alpha value is -1.60. The van der Waals surface area contributed by atoms with E-state index in [4.69, 9.17) is 4.74 Å². The van der Waals surface area contributed by atoms with Gasteiger partial charge in [0.1, 0.15) is 11.8 Å². The van der Waals surface area contributed by atoms with Gasteiger partial charge in [-0.15, -0.1) is 0 Å². The first kappa shape index (κ1) is 19.4. The number of nitrogens with one attached hydrogen (secondary N) is 1. The highest BCUT2D eigenvalue weighted by Crippen LogP contribution is 2.28. The van der Waals surface area contributed by atoms with Crippen molar-refractivity contribution in [1.29, 1.82) is 0 Å². The third-order valence-corrected chi connectivity index (χ3v) is 4.95. The molecule has 130 valence electrons. The average molecular weight is 342 g/mol. The first-order valence-corrected chi connectivity index (χ1v) is 9.37. The number of methoxy groups -OCH3 is 1. The highest BCUT2D eigenvalue weighted by molar-refractivity contribution is 7.89. The summed E-state index contributed by atoms with van der Waals surface area (Å²) in [6.45, 7) is 7.43. The van der Waals surface area contributed by atoms with Crippen LogP contribution in [0.2, 0.25) is 0 Å². The summed E-state index contributed by atoms with van der Waals surface area (Å²) >= 11 is 0. The third-order valence-electron chi connectivity index (χ3n) is 3.58. The molecule has 23 heavy (non-hydrogen) atoms. The first-order valence-electron chi connectivity index (χ1n) is 7.71. The Kier molecular flexibility index (Phi) is 7.02. The normalized spacial score (nSPS) is 13.0. The Morgan fingerprint density at radius 2 is 1.87 bits per heavy atom. The number of nitrogens with zero attached hydrogens (tertiary/aromatic N) is 1. The van der Waals surface area contributed by atoms with Crippen molar-refractivity contribution < 1.29 is 17.9 Å². The highest BCUT2D eigenvalue weighted by Gasteiger charge is 2.31. The van der Waals surface area contributed by atoms with Gasteiger partial charge in [-0.25, -0.2) is 13.1 Å². The number of para-hydroxylation sites is 2. The largest absolute Gasteiger partial charge is 0.495 e. The predicted molar refractivity (Wildman–Crippen MR) is 92.2 cm³/mol. The second-order valence-electron chi connectivity index (χ2n) is 5.50. The van der Waals surface area contributed by atoms with Gasteiger partial charge in [0.15, 0.2) is 0 Å². The average Bonchev–Trinajstić information content (AvgIpc) is 2.53. The molecule has 0 aliphatic rings. The van der Waals surface area contributed by atoms with E-state index in [1.54, 1.807) is 24.0 Å². The van der Waals surface area contributed by atoms with Crippen LogP contribution in [-0.4, -0.2) is 39.8 Å². The highest BCUT2D eigenvalue weighted by atomic mass is 32.2. The third kappa shape index (κ3) is 4.94. The molecule has 1 unspecified atom stereocenters. The molecule has 1 aromatic carbocycles. The lowest BCUT2D eigenvalue weighted by Gasteiger charge is -2.29. The summed E-state index contributed by atoms with van der Waals surface area (Å²) in [5.41, 5.74) is 0.629. The van der Waals surface area contributed by atoms with E-state index >= 15 is 0 Å². The zero-order chi connectivity index (χ0) is 17.6. The fraction of sp³-hybridized carbons (Fsp3) is 0.562. The summed E-state index contributed by atoms with van der Waals surface area (Å²) in [4.78, 5) is 14.5. The van der Waals surface area contributed by atoms with E-state index in [2.05, 4.69) is 4.72 Å². The van der Waals surface area contributed by atoms with Crippen LogP contribution in [0.25, 0.3) is 0 Å². The van der Waals surface area contributed by atoms with Crippen molar-refractivity contribution >= 4 is 21.6 Å². The summed E-state index contributed by atoms with van der Waals surface area (Å²) in [6, 6.07) is 6.37. The van der Waals surface area contributed by atoms with Gasteiger partial charge in [0.25, 0.3) is 0 Å². The SMILES string of the molecule is CCN(C(=O)C(NS(=O)(=O)CC)C(C)C)c1ccccc1OC. The van der Waals surface area contributed by atoms with Crippen molar-refractivity contribution in [3.63, 3.8) is 0 Å². The summed E-state index contributed by atoms with van der Waals surface area (Å²) in [6.07, 6.45) is 0. The van der Waals surface area contributed by atoms with Crippen LogP contribution in [0, 0.1) is 5.92 Å². The molecule has 0 fully saturated rings. The van der Waals surface area contributed by atoms with Crippen molar-refractivity contribution in [3.8, 4) is 5.75 Å². The monoisotopic (exact) mass is 342 g/mol. The quantitative estimate of drug-likeness (QED) is 0.784. The maximum atomic E-state index is 12.9.